The van der Waals surface area contributed by atoms with Gasteiger partial charge in [0.05, 0.1) is 17.4 Å². The largest absolute Gasteiger partial charge is 0.417 e. The zero-order valence-corrected chi connectivity index (χ0v) is 19.0. The number of aromatic nitrogens is 2. The fourth-order valence-corrected chi connectivity index (χ4v) is 4.26. The number of aromatic amines is 1. The van der Waals surface area contributed by atoms with Crippen LogP contribution in [0.2, 0.25) is 0 Å². The number of nitrogens with zero attached hydrogens (tertiary/aromatic N) is 4. The Balaban J connectivity index is 1.36. The normalized spacial score (nSPS) is 21.5. The van der Waals surface area contributed by atoms with Crippen LogP contribution in [-0.4, -0.2) is 54.1 Å². The van der Waals surface area contributed by atoms with E-state index in [1.807, 2.05) is 25.3 Å². The predicted octanol–water partition coefficient (Wildman–Crippen LogP) is 1.66. The van der Waals surface area contributed by atoms with Gasteiger partial charge in [-0.2, -0.15) is 0 Å². The van der Waals surface area contributed by atoms with Crippen LogP contribution in [0.4, 0.5) is 11.5 Å². The summed E-state index contributed by atoms with van der Waals surface area (Å²) in [6.45, 7) is 7.98. The number of piperazine rings is 1. The lowest BCUT2D eigenvalue weighted by atomic mass is 9.92. The van der Waals surface area contributed by atoms with Gasteiger partial charge in [0.2, 0.25) is 5.96 Å². The van der Waals surface area contributed by atoms with Gasteiger partial charge >= 0.3 is 5.76 Å². The molecule has 172 valence electrons. The molecule has 10 nitrogen and oxygen atoms in total. The van der Waals surface area contributed by atoms with Crippen molar-refractivity contribution < 1.29 is 4.42 Å². The first-order chi connectivity index (χ1) is 15.8. The number of aryl methyl sites for hydroxylation is 1. The number of oxazole rings is 1. The third-order valence-electron chi connectivity index (χ3n) is 6.32. The summed E-state index contributed by atoms with van der Waals surface area (Å²) in [4.78, 5) is 28.0. The van der Waals surface area contributed by atoms with Crippen LogP contribution in [0, 0.1) is 6.92 Å². The molecule has 1 aromatic carbocycles. The van der Waals surface area contributed by atoms with Crippen molar-refractivity contribution in [3.63, 3.8) is 0 Å². The molecule has 0 spiro atoms. The zero-order valence-electron chi connectivity index (χ0n) is 19.0. The summed E-state index contributed by atoms with van der Waals surface area (Å²) in [5, 5.41) is 6.59. The van der Waals surface area contributed by atoms with Crippen LogP contribution in [0.3, 0.4) is 0 Å². The molecule has 5 N–H and O–H groups in total. The second kappa shape index (κ2) is 8.05. The first-order valence-corrected chi connectivity index (χ1v) is 10.9. The molecule has 1 saturated heterocycles. The van der Waals surface area contributed by atoms with Gasteiger partial charge in [0.1, 0.15) is 11.5 Å². The van der Waals surface area contributed by atoms with Crippen LogP contribution >= 0.6 is 0 Å². The van der Waals surface area contributed by atoms with Gasteiger partial charge in [0.25, 0.3) is 0 Å². The molecule has 2 aliphatic heterocycles. The fraction of sp³-hybridized carbons (Fsp3) is 0.348. The van der Waals surface area contributed by atoms with E-state index in [9.17, 15) is 4.79 Å². The van der Waals surface area contributed by atoms with Crippen molar-refractivity contribution in [3.8, 4) is 0 Å². The van der Waals surface area contributed by atoms with E-state index in [-0.39, 0.29) is 0 Å². The summed E-state index contributed by atoms with van der Waals surface area (Å²) in [6, 6.07) is 7.44. The Hall–Kier alpha value is -3.63. The van der Waals surface area contributed by atoms with E-state index in [2.05, 4.69) is 50.4 Å². The number of hydrogen-bond acceptors (Lipinski definition) is 9. The topological polar surface area (TPSA) is 128 Å². The Morgan fingerprint density at radius 1 is 1.18 bits per heavy atom. The Morgan fingerprint density at radius 2 is 1.97 bits per heavy atom. The minimum absolute atomic E-state index is 0.485. The van der Waals surface area contributed by atoms with Crippen LogP contribution in [0.15, 0.2) is 56.4 Å². The highest BCUT2D eigenvalue weighted by Crippen LogP contribution is 2.29. The maximum Gasteiger partial charge on any atom is 0.417 e. The van der Waals surface area contributed by atoms with E-state index >= 15 is 0 Å². The number of nitrogens with two attached hydrogens (primary N) is 1. The Bertz CT molecular complexity index is 1320. The molecule has 4 heterocycles. The minimum atomic E-state index is -1.01. The van der Waals surface area contributed by atoms with Crippen molar-refractivity contribution in [1.29, 1.82) is 0 Å². The standard InChI is InChI=1S/C23H28N8O2/c1-14-10-17(13-25-20(14)31-8-6-30(3)7-9-31)27-21-26-12-15(2)23(24,29-21)16-4-5-19-18(11-16)28-22(32)33-19/h4-5,10-13H,6-9,24H2,1-3H3,(H,28,32)(H2,26,27,29). The number of rotatable bonds is 3. The molecule has 0 saturated carbocycles. The summed E-state index contributed by atoms with van der Waals surface area (Å²) < 4.78 is 5.10. The van der Waals surface area contributed by atoms with E-state index in [1.54, 1.807) is 12.3 Å². The highest BCUT2D eigenvalue weighted by Gasteiger charge is 2.33. The summed E-state index contributed by atoms with van der Waals surface area (Å²) in [7, 11) is 2.14. The van der Waals surface area contributed by atoms with Crippen molar-refractivity contribution in [3.05, 3.63) is 63.9 Å². The monoisotopic (exact) mass is 448 g/mol. The maximum absolute atomic E-state index is 11.5. The number of aliphatic imine (C=N–C) groups is 1. The van der Waals surface area contributed by atoms with Crippen molar-refractivity contribution >= 4 is 28.6 Å². The smallest absolute Gasteiger partial charge is 0.408 e. The number of anilines is 2. The summed E-state index contributed by atoms with van der Waals surface area (Å²) in [5.41, 5.74) is 10.4. The summed E-state index contributed by atoms with van der Waals surface area (Å²) in [6.07, 6.45) is 3.55. The lowest BCUT2D eigenvalue weighted by Crippen LogP contribution is -2.57. The highest BCUT2D eigenvalue weighted by atomic mass is 16.4. The summed E-state index contributed by atoms with van der Waals surface area (Å²) >= 11 is 0. The number of guanidine groups is 1. The molecule has 1 atom stereocenters. The van der Waals surface area contributed by atoms with Crippen molar-refractivity contribution in [2.24, 2.45) is 10.7 Å². The Morgan fingerprint density at radius 3 is 2.73 bits per heavy atom. The molecular weight excluding hydrogens is 420 g/mol. The number of likely N-dealkylation sites (N-methyl/N-ethyl adjacent to an activating group) is 1. The molecule has 33 heavy (non-hydrogen) atoms. The van der Waals surface area contributed by atoms with Crippen LogP contribution in [0.1, 0.15) is 18.1 Å². The van der Waals surface area contributed by atoms with Crippen LogP contribution in [0.25, 0.3) is 11.1 Å². The molecule has 3 aromatic rings. The molecule has 0 amide bonds. The first kappa shape index (κ1) is 21.2. The van der Waals surface area contributed by atoms with Crippen molar-refractivity contribution in [2.45, 2.75) is 19.5 Å². The second-order valence-electron chi connectivity index (χ2n) is 8.73. The molecule has 0 radical (unpaired) electrons. The lowest BCUT2D eigenvalue weighted by molar-refractivity contribution is 0.312. The van der Waals surface area contributed by atoms with Gasteiger partial charge in [0, 0.05) is 32.4 Å². The van der Waals surface area contributed by atoms with Crippen LogP contribution in [0.5, 0.6) is 0 Å². The van der Waals surface area contributed by atoms with Gasteiger partial charge in [0.15, 0.2) is 5.58 Å². The molecule has 0 aliphatic carbocycles. The number of H-pyrrole nitrogens is 1. The second-order valence-corrected chi connectivity index (χ2v) is 8.73. The SMILES string of the molecule is CC1=CN=C(Nc2cnc(N3CCN(C)CC3)c(C)c2)NC1(N)c1ccc2oc(=O)[nH]c2c1. The first-order valence-electron chi connectivity index (χ1n) is 10.9. The van der Waals surface area contributed by atoms with Gasteiger partial charge in [-0.05, 0) is 55.8 Å². The van der Waals surface area contributed by atoms with Gasteiger partial charge in [-0.25, -0.2) is 14.8 Å². The maximum atomic E-state index is 11.5. The number of pyridine rings is 1. The van der Waals surface area contributed by atoms with E-state index in [1.165, 1.54) is 0 Å². The van der Waals surface area contributed by atoms with E-state index in [0.29, 0.717) is 17.1 Å². The zero-order chi connectivity index (χ0) is 23.2. The van der Waals surface area contributed by atoms with Crippen molar-refractivity contribution in [2.75, 3.05) is 43.4 Å². The molecular formula is C23H28N8O2. The van der Waals surface area contributed by atoms with Gasteiger partial charge in [-0.15, -0.1) is 0 Å². The Labute approximate surface area is 191 Å². The molecule has 1 fully saturated rings. The molecule has 2 aliphatic rings. The molecule has 0 bridgehead atoms. The van der Waals surface area contributed by atoms with E-state index < -0.39 is 11.4 Å². The predicted molar refractivity (Wildman–Crippen MR) is 129 cm³/mol. The quantitative estimate of drug-likeness (QED) is 0.476. The van der Waals surface area contributed by atoms with Crippen molar-refractivity contribution in [1.82, 2.24) is 20.2 Å². The lowest BCUT2D eigenvalue weighted by Gasteiger charge is -2.36. The number of fused-ring (bicyclic) bond motifs is 1. The number of hydrogen-bond donors (Lipinski definition) is 4. The Kier molecular flexibility index (Phi) is 5.18. The summed E-state index contributed by atoms with van der Waals surface area (Å²) in [5.74, 6) is 1.03. The number of benzene rings is 1. The molecule has 1 unspecified atom stereocenters. The minimum Gasteiger partial charge on any atom is -0.408 e. The van der Waals surface area contributed by atoms with E-state index in [4.69, 9.17) is 15.1 Å². The fourth-order valence-electron chi connectivity index (χ4n) is 4.26. The van der Waals surface area contributed by atoms with Crippen LogP contribution in [-0.2, 0) is 5.66 Å². The van der Waals surface area contributed by atoms with Gasteiger partial charge < -0.3 is 30.6 Å². The molecule has 2 aromatic heterocycles. The highest BCUT2D eigenvalue weighted by molar-refractivity contribution is 5.95. The third-order valence-corrected chi connectivity index (χ3v) is 6.32. The van der Waals surface area contributed by atoms with Gasteiger partial charge in [-0.3, -0.25) is 4.98 Å². The average molecular weight is 449 g/mol. The molecule has 5 rings (SSSR count). The van der Waals surface area contributed by atoms with Gasteiger partial charge in [-0.1, -0.05) is 6.07 Å². The third kappa shape index (κ3) is 3.98. The van der Waals surface area contributed by atoms with Crippen LogP contribution < -0.4 is 27.0 Å². The average Bonchev–Trinajstić information content (AvgIpc) is 3.16. The van der Waals surface area contributed by atoms with E-state index in [0.717, 1.165) is 54.4 Å². The number of nitrogens with one attached hydrogen (secondary N) is 3. The molecule has 10 heteroatoms.